The lowest BCUT2D eigenvalue weighted by atomic mass is 10.00. The Kier molecular flexibility index (Phi) is 5.81. The molecule has 7 heteroatoms. The SMILES string of the molecule is NCCOC(c1ccc(Cl)cc1)c1ccc(-c2nc3ccc(C(N)=O)cc3[nH]2)cc1. The number of rotatable bonds is 7. The summed E-state index contributed by atoms with van der Waals surface area (Å²) < 4.78 is 6.00. The Bertz CT molecular complexity index is 1170. The minimum Gasteiger partial charge on any atom is -0.367 e. The van der Waals surface area contributed by atoms with Gasteiger partial charge in [-0.15, -0.1) is 0 Å². The van der Waals surface area contributed by atoms with Crippen molar-refractivity contribution in [3.63, 3.8) is 0 Å². The Morgan fingerprint density at radius 3 is 2.33 bits per heavy atom. The van der Waals surface area contributed by atoms with Crippen LogP contribution in [0.25, 0.3) is 22.4 Å². The van der Waals surface area contributed by atoms with Crippen molar-refractivity contribution in [1.29, 1.82) is 0 Å². The second-order valence-electron chi connectivity index (χ2n) is 6.89. The smallest absolute Gasteiger partial charge is 0.248 e. The van der Waals surface area contributed by atoms with Crippen LogP contribution in [-0.2, 0) is 4.74 Å². The maximum atomic E-state index is 11.4. The van der Waals surface area contributed by atoms with E-state index < -0.39 is 5.91 Å². The van der Waals surface area contributed by atoms with Crippen LogP contribution < -0.4 is 11.5 Å². The van der Waals surface area contributed by atoms with Crippen LogP contribution in [0, 0.1) is 0 Å². The predicted octanol–water partition coefficient (Wildman–Crippen LogP) is 4.05. The summed E-state index contributed by atoms with van der Waals surface area (Å²) in [7, 11) is 0. The lowest BCUT2D eigenvalue weighted by Gasteiger charge is -2.19. The summed E-state index contributed by atoms with van der Waals surface area (Å²) in [6.45, 7) is 0.884. The number of hydrogen-bond acceptors (Lipinski definition) is 4. The van der Waals surface area contributed by atoms with Crippen LogP contribution in [0.2, 0.25) is 5.02 Å². The van der Waals surface area contributed by atoms with Gasteiger partial charge in [0, 0.05) is 22.7 Å². The number of carbonyl (C=O) groups is 1. The number of halogens is 1. The van der Waals surface area contributed by atoms with Gasteiger partial charge in [-0.1, -0.05) is 48.0 Å². The Hall–Kier alpha value is -3.19. The third-order valence-electron chi connectivity index (χ3n) is 4.83. The Labute approximate surface area is 178 Å². The summed E-state index contributed by atoms with van der Waals surface area (Å²) in [6.07, 6.45) is -0.242. The molecule has 0 saturated heterocycles. The quantitative estimate of drug-likeness (QED) is 0.419. The lowest BCUT2D eigenvalue weighted by Crippen LogP contribution is -2.13. The van der Waals surface area contributed by atoms with Crippen molar-refractivity contribution >= 4 is 28.5 Å². The molecule has 0 bridgehead atoms. The van der Waals surface area contributed by atoms with E-state index >= 15 is 0 Å². The minimum absolute atomic E-state index is 0.242. The molecular formula is C23H21ClN4O2. The van der Waals surface area contributed by atoms with Gasteiger partial charge in [0.15, 0.2) is 0 Å². The third kappa shape index (κ3) is 4.21. The van der Waals surface area contributed by atoms with Gasteiger partial charge in [-0.05, 0) is 41.5 Å². The van der Waals surface area contributed by atoms with Crippen LogP contribution >= 0.6 is 11.6 Å². The molecule has 1 atom stereocenters. The summed E-state index contributed by atoms with van der Waals surface area (Å²) in [5, 5.41) is 0.677. The van der Waals surface area contributed by atoms with Gasteiger partial charge >= 0.3 is 0 Å². The van der Waals surface area contributed by atoms with Crippen molar-refractivity contribution in [2.45, 2.75) is 6.10 Å². The fourth-order valence-corrected chi connectivity index (χ4v) is 3.45. The van der Waals surface area contributed by atoms with E-state index in [2.05, 4.69) is 9.97 Å². The molecule has 1 unspecified atom stereocenters. The summed E-state index contributed by atoms with van der Waals surface area (Å²) in [6, 6.07) is 20.7. The highest BCUT2D eigenvalue weighted by atomic mass is 35.5. The number of ether oxygens (including phenoxy) is 1. The Morgan fingerprint density at radius 1 is 1.03 bits per heavy atom. The maximum absolute atomic E-state index is 11.4. The first-order valence-electron chi connectivity index (χ1n) is 9.52. The van der Waals surface area contributed by atoms with Crippen molar-refractivity contribution < 1.29 is 9.53 Å². The normalized spacial score (nSPS) is 12.2. The number of nitrogens with one attached hydrogen (secondary N) is 1. The predicted molar refractivity (Wildman–Crippen MR) is 118 cm³/mol. The molecule has 3 aromatic carbocycles. The van der Waals surface area contributed by atoms with Crippen molar-refractivity contribution in [1.82, 2.24) is 9.97 Å². The number of fused-ring (bicyclic) bond motifs is 1. The molecule has 152 valence electrons. The van der Waals surface area contributed by atoms with Crippen molar-refractivity contribution in [3.8, 4) is 11.4 Å². The Balaban J connectivity index is 1.64. The number of benzene rings is 3. The highest BCUT2D eigenvalue weighted by Crippen LogP contribution is 2.29. The molecule has 1 aromatic heterocycles. The molecule has 1 amide bonds. The molecule has 0 fully saturated rings. The second kappa shape index (κ2) is 8.67. The van der Waals surface area contributed by atoms with Gasteiger partial charge < -0.3 is 21.2 Å². The number of aromatic nitrogens is 2. The summed E-state index contributed by atoms with van der Waals surface area (Å²) in [5.74, 6) is 0.243. The summed E-state index contributed by atoms with van der Waals surface area (Å²) >= 11 is 6.02. The largest absolute Gasteiger partial charge is 0.367 e. The molecule has 0 aliphatic carbocycles. The van der Waals surface area contributed by atoms with E-state index in [1.54, 1.807) is 18.2 Å². The first-order valence-corrected chi connectivity index (χ1v) is 9.90. The van der Waals surface area contributed by atoms with E-state index in [1.165, 1.54) is 0 Å². The van der Waals surface area contributed by atoms with Crippen LogP contribution in [-0.4, -0.2) is 29.0 Å². The molecule has 6 nitrogen and oxygen atoms in total. The van der Waals surface area contributed by atoms with Crippen LogP contribution in [0.5, 0.6) is 0 Å². The molecule has 0 aliphatic rings. The van der Waals surface area contributed by atoms with Crippen LogP contribution in [0.15, 0.2) is 66.7 Å². The number of imidazole rings is 1. The van der Waals surface area contributed by atoms with Gasteiger partial charge in [0.25, 0.3) is 0 Å². The number of nitrogens with zero attached hydrogens (tertiary/aromatic N) is 1. The first-order chi connectivity index (χ1) is 14.5. The highest BCUT2D eigenvalue weighted by Gasteiger charge is 2.15. The van der Waals surface area contributed by atoms with Gasteiger partial charge in [-0.3, -0.25) is 4.79 Å². The molecule has 0 aliphatic heterocycles. The zero-order valence-electron chi connectivity index (χ0n) is 16.1. The fraction of sp³-hybridized carbons (Fsp3) is 0.130. The van der Waals surface area contributed by atoms with Crippen LogP contribution in [0.3, 0.4) is 0 Å². The molecule has 0 saturated carbocycles. The standard InChI is InChI=1S/C23H21ClN4O2/c24-18-8-5-15(6-9-18)21(30-12-11-25)14-1-3-16(4-2-14)23-27-19-10-7-17(22(26)29)13-20(19)28-23/h1-10,13,21H,11-12,25H2,(H2,26,29)(H,27,28). The molecular weight excluding hydrogens is 400 g/mol. The molecule has 30 heavy (non-hydrogen) atoms. The number of primary amides is 1. The van der Waals surface area contributed by atoms with E-state index in [9.17, 15) is 4.79 Å². The molecule has 4 aromatic rings. The molecule has 0 radical (unpaired) electrons. The Morgan fingerprint density at radius 2 is 1.70 bits per heavy atom. The van der Waals surface area contributed by atoms with Gasteiger partial charge in [-0.2, -0.15) is 0 Å². The highest BCUT2D eigenvalue weighted by molar-refractivity contribution is 6.30. The van der Waals surface area contributed by atoms with E-state index in [0.29, 0.717) is 29.6 Å². The minimum atomic E-state index is -0.469. The van der Waals surface area contributed by atoms with Gasteiger partial charge in [0.1, 0.15) is 11.9 Å². The number of H-pyrrole nitrogens is 1. The molecule has 1 heterocycles. The number of aromatic amines is 1. The molecule has 4 rings (SSSR count). The topological polar surface area (TPSA) is 107 Å². The van der Waals surface area contributed by atoms with Crippen LogP contribution in [0.4, 0.5) is 0 Å². The van der Waals surface area contributed by atoms with Gasteiger partial charge in [0.2, 0.25) is 5.91 Å². The lowest BCUT2D eigenvalue weighted by molar-refractivity contribution is 0.0864. The number of amides is 1. The molecule has 0 spiro atoms. The van der Waals surface area contributed by atoms with Gasteiger partial charge in [-0.25, -0.2) is 4.98 Å². The van der Waals surface area contributed by atoms with Crippen LogP contribution in [0.1, 0.15) is 27.6 Å². The summed E-state index contributed by atoms with van der Waals surface area (Å²) in [5.41, 5.74) is 15.9. The van der Waals surface area contributed by atoms with E-state index in [-0.39, 0.29) is 6.10 Å². The monoisotopic (exact) mass is 420 g/mol. The zero-order valence-corrected chi connectivity index (χ0v) is 16.9. The van der Waals surface area contributed by atoms with Crippen molar-refractivity contribution in [2.75, 3.05) is 13.2 Å². The third-order valence-corrected chi connectivity index (χ3v) is 5.08. The van der Waals surface area contributed by atoms with E-state index in [4.69, 9.17) is 27.8 Å². The average Bonchev–Trinajstić information content (AvgIpc) is 3.19. The van der Waals surface area contributed by atoms with Crippen molar-refractivity contribution in [3.05, 3.63) is 88.4 Å². The maximum Gasteiger partial charge on any atom is 0.248 e. The first kappa shape index (κ1) is 20.1. The second-order valence-corrected chi connectivity index (χ2v) is 7.33. The number of nitrogens with two attached hydrogens (primary N) is 2. The fourth-order valence-electron chi connectivity index (χ4n) is 3.32. The number of hydrogen-bond donors (Lipinski definition) is 3. The molecule has 5 N–H and O–H groups in total. The van der Waals surface area contributed by atoms with E-state index in [1.807, 2.05) is 48.5 Å². The van der Waals surface area contributed by atoms with Crippen molar-refractivity contribution in [2.24, 2.45) is 11.5 Å². The number of carbonyl (C=O) groups excluding carboxylic acids is 1. The van der Waals surface area contributed by atoms with Gasteiger partial charge in [0.05, 0.1) is 17.6 Å². The summed E-state index contributed by atoms with van der Waals surface area (Å²) in [4.78, 5) is 19.2. The average molecular weight is 421 g/mol. The zero-order chi connectivity index (χ0) is 21.1. The van der Waals surface area contributed by atoms with E-state index in [0.717, 1.165) is 27.7 Å².